The van der Waals surface area contributed by atoms with E-state index in [0.717, 1.165) is 34.0 Å². The van der Waals surface area contributed by atoms with Gasteiger partial charge < -0.3 is 15.2 Å². The van der Waals surface area contributed by atoms with Gasteiger partial charge in [0.05, 0.1) is 25.6 Å². The first kappa shape index (κ1) is 13.4. The molecule has 0 amide bonds. The molecule has 0 aliphatic carbocycles. The highest BCUT2D eigenvalue weighted by Crippen LogP contribution is 2.35. The maximum atomic E-state index is 5.63. The molecule has 2 N–H and O–H groups in total. The van der Waals surface area contributed by atoms with Crippen LogP contribution in [0.3, 0.4) is 0 Å². The van der Waals surface area contributed by atoms with Crippen molar-refractivity contribution in [3.63, 3.8) is 0 Å². The molecule has 0 fully saturated rings. The number of aryl methyl sites for hydroxylation is 2. The second-order valence-corrected chi connectivity index (χ2v) is 4.37. The smallest absolute Gasteiger partial charge is 0.128 e. The number of hydrogen-bond acceptors (Lipinski definition) is 4. The third kappa shape index (κ3) is 2.42. The Morgan fingerprint density at radius 3 is 2.37 bits per heavy atom. The third-order valence-electron chi connectivity index (χ3n) is 3.13. The lowest BCUT2D eigenvalue weighted by atomic mass is 10.1. The predicted octanol–water partition coefficient (Wildman–Crippen LogP) is 1.87. The molecule has 0 spiro atoms. The van der Waals surface area contributed by atoms with Gasteiger partial charge in [-0.15, -0.1) is 0 Å². The van der Waals surface area contributed by atoms with Crippen molar-refractivity contribution in [3.05, 3.63) is 29.5 Å². The average Bonchev–Trinajstić information content (AvgIpc) is 2.79. The van der Waals surface area contributed by atoms with E-state index in [4.69, 9.17) is 15.2 Å². The van der Waals surface area contributed by atoms with Crippen LogP contribution in [0, 0.1) is 6.92 Å². The maximum Gasteiger partial charge on any atom is 0.128 e. The Balaban J connectivity index is 2.62. The number of nitrogens with two attached hydrogens (primary N) is 1. The molecule has 1 heterocycles. The van der Waals surface area contributed by atoms with Gasteiger partial charge in [0.15, 0.2) is 0 Å². The van der Waals surface area contributed by atoms with Gasteiger partial charge in [-0.3, -0.25) is 4.68 Å². The van der Waals surface area contributed by atoms with E-state index in [-0.39, 0.29) is 0 Å². The molecule has 0 saturated carbocycles. The summed E-state index contributed by atoms with van der Waals surface area (Å²) in [5, 5.41) is 4.35. The fraction of sp³-hybridized carbons (Fsp3) is 0.357. The summed E-state index contributed by atoms with van der Waals surface area (Å²) in [4.78, 5) is 0. The van der Waals surface area contributed by atoms with Gasteiger partial charge in [-0.05, 0) is 30.7 Å². The molecule has 0 unspecified atom stereocenters. The van der Waals surface area contributed by atoms with E-state index in [1.54, 1.807) is 18.9 Å². The van der Waals surface area contributed by atoms with Crippen LogP contribution in [0.1, 0.15) is 11.3 Å². The zero-order valence-electron chi connectivity index (χ0n) is 11.7. The first-order valence-electron chi connectivity index (χ1n) is 6.06. The van der Waals surface area contributed by atoms with Crippen molar-refractivity contribution >= 4 is 0 Å². The van der Waals surface area contributed by atoms with E-state index in [1.165, 1.54) is 0 Å². The van der Waals surface area contributed by atoms with Crippen LogP contribution in [-0.4, -0.2) is 24.0 Å². The molecule has 0 radical (unpaired) electrons. The maximum absolute atomic E-state index is 5.63. The van der Waals surface area contributed by atoms with Crippen molar-refractivity contribution in [1.82, 2.24) is 9.78 Å². The molecule has 2 rings (SSSR count). The van der Waals surface area contributed by atoms with Gasteiger partial charge in [0, 0.05) is 19.2 Å². The Morgan fingerprint density at radius 1 is 1.16 bits per heavy atom. The fourth-order valence-corrected chi connectivity index (χ4v) is 2.13. The topological polar surface area (TPSA) is 62.3 Å². The standard InChI is InChI=1S/C14H19N3O2/c1-9-5-14(19-4)11(7-13(9)18-3)12-6-10(8-15)16-17(12)2/h5-7H,8,15H2,1-4H3. The minimum absolute atomic E-state index is 0.416. The van der Waals surface area contributed by atoms with Crippen molar-refractivity contribution in [2.24, 2.45) is 12.8 Å². The molecular weight excluding hydrogens is 242 g/mol. The van der Waals surface area contributed by atoms with E-state index in [9.17, 15) is 0 Å². The van der Waals surface area contributed by atoms with Crippen LogP contribution in [0.4, 0.5) is 0 Å². The number of rotatable bonds is 4. The first-order valence-corrected chi connectivity index (χ1v) is 6.06. The van der Waals surface area contributed by atoms with Gasteiger partial charge >= 0.3 is 0 Å². The summed E-state index contributed by atoms with van der Waals surface area (Å²) in [6.07, 6.45) is 0. The molecule has 1 aromatic heterocycles. The summed E-state index contributed by atoms with van der Waals surface area (Å²) in [5.74, 6) is 1.62. The van der Waals surface area contributed by atoms with Crippen LogP contribution in [0.5, 0.6) is 11.5 Å². The summed E-state index contributed by atoms with van der Waals surface area (Å²) in [7, 11) is 5.21. The number of hydrogen-bond donors (Lipinski definition) is 1. The van der Waals surface area contributed by atoms with Crippen LogP contribution in [-0.2, 0) is 13.6 Å². The molecule has 5 heteroatoms. The van der Waals surface area contributed by atoms with Gasteiger partial charge in [-0.25, -0.2) is 0 Å². The molecule has 102 valence electrons. The highest BCUT2D eigenvalue weighted by Gasteiger charge is 2.14. The molecule has 19 heavy (non-hydrogen) atoms. The van der Waals surface area contributed by atoms with Gasteiger partial charge in [-0.2, -0.15) is 5.10 Å². The van der Waals surface area contributed by atoms with Crippen LogP contribution in [0.2, 0.25) is 0 Å². The lowest BCUT2D eigenvalue weighted by Gasteiger charge is -2.13. The quantitative estimate of drug-likeness (QED) is 0.912. The van der Waals surface area contributed by atoms with Gasteiger partial charge in [0.2, 0.25) is 0 Å². The molecule has 2 aromatic rings. The number of benzene rings is 1. The predicted molar refractivity (Wildman–Crippen MR) is 74.4 cm³/mol. The molecule has 0 saturated heterocycles. The minimum Gasteiger partial charge on any atom is -0.496 e. The van der Waals surface area contributed by atoms with E-state index < -0.39 is 0 Å². The number of nitrogens with zero attached hydrogens (tertiary/aromatic N) is 2. The van der Waals surface area contributed by atoms with E-state index in [1.807, 2.05) is 32.2 Å². The van der Waals surface area contributed by atoms with Crippen LogP contribution >= 0.6 is 0 Å². The van der Waals surface area contributed by atoms with Crippen molar-refractivity contribution in [1.29, 1.82) is 0 Å². The summed E-state index contributed by atoms with van der Waals surface area (Å²) < 4.78 is 12.6. The Morgan fingerprint density at radius 2 is 1.84 bits per heavy atom. The van der Waals surface area contributed by atoms with Gasteiger partial charge in [0.1, 0.15) is 11.5 Å². The first-order chi connectivity index (χ1) is 9.10. The summed E-state index contributed by atoms with van der Waals surface area (Å²) in [6.45, 7) is 2.40. The Labute approximate surface area is 112 Å². The molecule has 0 aliphatic heterocycles. The van der Waals surface area contributed by atoms with Crippen LogP contribution < -0.4 is 15.2 Å². The van der Waals surface area contributed by atoms with Crippen molar-refractivity contribution < 1.29 is 9.47 Å². The van der Waals surface area contributed by atoms with Crippen molar-refractivity contribution in [2.45, 2.75) is 13.5 Å². The van der Waals surface area contributed by atoms with E-state index >= 15 is 0 Å². The summed E-state index contributed by atoms with van der Waals surface area (Å²) in [6, 6.07) is 5.89. The Bertz CT molecular complexity index is 591. The third-order valence-corrected chi connectivity index (χ3v) is 3.13. The lowest BCUT2D eigenvalue weighted by Crippen LogP contribution is -1.99. The monoisotopic (exact) mass is 261 g/mol. The molecule has 5 nitrogen and oxygen atoms in total. The normalized spacial score (nSPS) is 10.6. The minimum atomic E-state index is 0.416. The van der Waals surface area contributed by atoms with Gasteiger partial charge in [-0.1, -0.05) is 0 Å². The Hall–Kier alpha value is -2.01. The number of ether oxygens (including phenoxy) is 2. The van der Waals surface area contributed by atoms with Crippen LogP contribution in [0.25, 0.3) is 11.3 Å². The largest absolute Gasteiger partial charge is 0.496 e. The second-order valence-electron chi connectivity index (χ2n) is 4.37. The summed E-state index contributed by atoms with van der Waals surface area (Å²) >= 11 is 0. The molecular formula is C14H19N3O2. The molecule has 0 atom stereocenters. The molecule has 0 bridgehead atoms. The summed E-state index contributed by atoms with van der Waals surface area (Å²) in [5.41, 5.74) is 9.41. The SMILES string of the molecule is COc1cc(-c2cc(CN)nn2C)c(OC)cc1C. The molecule has 0 aliphatic rings. The fourth-order valence-electron chi connectivity index (χ4n) is 2.13. The average molecular weight is 261 g/mol. The van der Waals surface area contributed by atoms with E-state index in [2.05, 4.69) is 5.10 Å². The van der Waals surface area contributed by atoms with Crippen molar-refractivity contribution in [2.75, 3.05) is 14.2 Å². The molecule has 1 aromatic carbocycles. The zero-order valence-corrected chi connectivity index (χ0v) is 11.7. The second kappa shape index (κ2) is 5.32. The zero-order chi connectivity index (χ0) is 14.0. The number of methoxy groups -OCH3 is 2. The van der Waals surface area contributed by atoms with Crippen LogP contribution in [0.15, 0.2) is 18.2 Å². The lowest BCUT2D eigenvalue weighted by molar-refractivity contribution is 0.401. The highest BCUT2D eigenvalue weighted by molar-refractivity contribution is 5.71. The Kier molecular flexibility index (Phi) is 3.76. The number of aromatic nitrogens is 2. The van der Waals surface area contributed by atoms with E-state index in [0.29, 0.717) is 6.54 Å². The van der Waals surface area contributed by atoms with Gasteiger partial charge in [0.25, 0.3) is 0 Å². The highest BCUT2D eigenvalue weighted by atomic mass is 16.5. The van der Waals surface area contributed by atoms with Crippen molar-refractivity contribution in [3.8, 4) is 22.8 Å².